The number of hydrogen-bond acceptors (Lipinski definition) is 15. The van der Waals surface area contributed by atoms with Crippen molar-refractivity contribution in [3.8, 4) is 0 Å². The molecule has 0 fully saturated rings. The van der Waals surface area contributed by atoms with Crippen LogP contribution in [0.25, 0.3) is 0 Å². The summed E-state index contributed by atoms with van der Waals surface area (Å²) in [5.41, 5.74) is 0. The van der Waals surface area contributed by atoms with Crippen LogP contribution in [0.2, 0.25) is 0 Å². The van der Waals surface area contributed by atoms with Crippen LogP contribution in [0.15, 0.2) is 0 Å². The molecule has 0 aliphatic carbocycles. The third-order valence-electron chi connectivity index (χ3n) is 16.2. The summed E-state index contributed by atoms with van der Waals surface area (Å²) in [6.45, 7) is 9.51. The molecule has 0 radical (unpaired) electrons. The van der Waals surface area contributed by atoms with Gasteiger partial charge in [0.1, 0.15) is 19.3 Å². The molecular weight excluding hydrogens is 1170 g/mol. The lowest BCUT2D eigenvalue weighted by Crippen LogP contribution is -2.30. The zero-order valence-corrected chi connectivity index (χ0v) is 59.5. The number of unbranched alkanes of at least 4 members (excludes halogenated alkanes) is 39. The highest BCUT2D eigenvalue weighted by atomic mass is 31.2. The van der Waals surface area contributed by atoms with Gasteiger partial charge in [0.15, 0.2) is 12.2 Å². The Morgan fingerprint density at radius 1 is 0.303 bits per heavy atom. The molecule has 19 heteroatoms. The minimum absolute atomic E-state index is 0.105. The highest BCUT2D eigenvalue weighted by Gasteiger charge is 2.30. The Bertz CT molecular complexity index is 1730. The Labute approximate surface area is 543 Å². The highest BCUT2D eigenvalue weighted by Crippen LogP contribution is 2.45. The lowest BCUT2D eigenvalue weighted by atomic mass is 10.0. The van der Waals surface area contributed by atoms with Gasteiger partial charge in [-0.3, -0.25) is 37.3 Å². The summed E-state index contributed by atoms with van der Waals surface area (Å²) in [6, 6.07) is 0. The first-order chi connectivity index (χ1) is 42.9. The molecule has 0 aliphatic rings. The summed E-state index contributed by atoms with van der Waals surface area (Å²) in [5, 5.41) is 10.6. The number of carbonyl (C=O) groups excluding carboxylic acids is 4. The highest BCUT2D eigenvalue weighted by molar-refractivity contribution is 7.47. The van der Waals surface area contributed by atoms with Gasteiger partial charge in [-0.05, 0) is 37.5 Å². The molecule has 2 unspecified atom stereocenters. The third-order valence-corrected chi connectivity index (χ3v) is 18.1. The second kappa shape index (κ2) is 62.2. The van der Waals surface area contributed by atoms with Crippen molar-refractivity contribution in [1.82, 2.24) is 0 Å². The van der Waals surface area contributed by atoms with Crippen molar-refractivity contribution in [3.63, 3.8) is 0 Å². The van der Waals surface area contributed by atoms with Gasteiger partial charge in [-0.1, -0.05) is 305 Å². The fourth-order valence-corrected chi connectivity index (χ4v) is 12.2. The second-order valence-electron chi connectivity index (χ2n) is 26.2. The maximum Gasteiger partial charge on any atom is 0.472 e. The number of rotatable bonds is 69. The molecule has 89 heavy (non-hydrogen) atoms. The van der Waals surface area contributed by atoms with Gasteiger partial charge in [-0.2, -0.15) is 0 Å². The van der Waals surface area contributed by atoms with Crippen LogP contribution in [0.1, 0.15) is 356 Å². The van der Waals surface area contributed by atoms with Crippen molar-refractivity contribution in [2.24, 2.45) is 11.8 Å². The van der Waals surface area contributed by atoms with E-state index < -0.39 is 97.5 Å². The van der Waals surface area contributed by atoms with Gasteiger partial charge in [0.25, 0.3) is 0 Å². The maximum absolute atomic E-state index is 13.0. The standard InChI is InChI=1S/C70H136O17P2/c1-7-9-11-13-15-17-19-20-24-28-35-41-47-53-68(73)81-58-65(86-69(74)54-48-42-36-29-25-21-23-26-32-38-44-50-62(3)4)60-84-88(76,77)82-56-64(71)57-83-89(78,79)85-61-66(87-70(75)55-49-43-37-31-30-33-39-45-51-63(5)6)59-80-67(72)52-46-40-34-27-22-18-16-14-12-10-8-2/h62-66,71H,7-61H2,1-6H3,(H,76,77)(H,78,79)/t64-,65-,66-/m1/s1. The summed E-state index contributed by atoms with van der Waals surface area (Å²) in [6.07, 6.45) is 47.1. The molecule has 0 aromatic carbocycles. The van der Waals surface area contributed by atoms with Crippen molar-refractivity contribution >= 4 is 39.5 Å². The van der Waals surface area contributed by atoms with Gasteiger partial charge in [0.05, 0.1) is 26.4 Å². The number of aliphatic hydroxyl groups excluding tert-OH is 1. The lowest BCUT2D eigenvalue weighted by Gasteiger charge is -2.21. The average Bonchev–Trinajstić information content (AvgIpc) is 3.61. The van der Waals surface area contributed by atoms with E-state index in [9.17, 15) is 43.2 Å². The number of aliphatic hydroxyl groups is 1. The Morgan fingerprint density at radius 2 is 0.517 bits per heavy atom. The third kappa shape index (κ3) is 64.6. The summed E-state index contributed by atoms with van der Waals surface area (Å²) in [7, 11) is -9.90. The fourth-order valence-electron chi connectivity index (χ4n) is 10.6. The molecule has 3 N–H and O–H groups in total. The predicted octanol–water partition coefficient (Wildman–Crippen LogP) is 20.0. The van der Waals surface area contributed by atoms with E-state index in [4.69, 9.17) is 37.0 Å². The van der Waals surface area contributed by atoms with Crippen molar-refractivity contribution < 1.29 is 80.2 Å². The molecule has 0 heterocycles. The first-order valence-electron chi connectivity index (χ1n) is 36.5. The van der Waals surface area contributed by atoms with Crippen molar-refractivity contribution in [3.05, 3.63) is 0 Å². The van der Waals surface area contributed by atoms with Crippen LogP contribution in [-0.2, 0) is 65.4 Å². The minimum atomic E-state index is -4.95. The van der Waals surface area contributed by atoms with E-state index in [1.54, 1.807) is 0 Å². The van der Waals surface area contributed by atoms with E-state index >= 15 is 0 Å². The zero-order valence-electron chi connectivity index (χ0n) is 57.7. The van der Waals surface area contributed by atoms with Crippen LogP contribution >= 0.6 is 15.6 Å². The van der Waals surface area contributed by atoms with E-state index in [1.807, 2.05) is 0 Å². The van der Waals surface area contributed by atoms with E-state index in [2.05, 4.69) is 41.5 Å². The summed E-state index contributed by atoms with van der Waals surface area (Å²) < 4.78 is 68.3. The van der Waals surface area contributed by atoms with Crippen LogP contribution < -0.4 is 0 Å². The topological polar surface area (TPSA) is 237 Å². The molecule has 0 spiro atoms. The average molecular weight is 1310 g/mol. The van der Waals surface area contributed by atoms with Gasteiger partial charge >= 0.3 is 39.5 Å². The summed E-state index contributed by atoms with van der Waals surface area (Å²) in [4.78, 5) is 72.5. The number of phosphoric ester groups is 2. The van der Waals surface area contributed by atoms with E-state index in [0.29, 0.717) is 25.7 Å². The van der Waals surface area contributed by atoms with Crippen molar-refractivity contribution in [1.29, 1.82) is 0 Å². The maximum atomic E-state index is 13.0. The van der Waals surface area contributed by atoms with Gasteiger partial charge in [0, 0.05) is 25.7 Å². The fraction of sp³-hybridized carbons (Fsp3) is 0.943. The number of carbonyl (C=O) groups is 4. The Kier molecular flexibility index (Phi) is 60.8. The summed E-state index contributed by atoms with van der Waals surface area (Å²) in [5.74, 6) is -0.640. The number of esters is 4. The quantitative estimate of drug-likeness (QED) is 0.0222. The largest absolute Gasteiger partial charge is 0.472 e. The Morgan fingerprint density at radius 3 is 0.764 bits per heavy atom. The van der Waals surface area contributed by atoms with Gasteiger partial charge < -0.3 is 33.8 Å². The van der Waals surface area contributed by atoms with Crippen LogP contribution in [0, 0.1) is 11.8 Å². The number of phosphoric acid groups is 2. The predicted molar refractivity (Wildman–Crippen MR) is 358 cm³/mol. The SMILES string of the molecule is CCCCCCCCCCCCCCCC(=O)OC[C@H](COP(=O)(O)OC[C@@H](O)COP(=O)(O)OC[C@@H](COC(=O)CCCCCCCCCCCCC)OC(=O)CCCCCCCCCCC(C)C)OC(=O)CCCCCCCCCCCCCC(C)C. The van der Waals surface area contributed by atoms with Gasteiger partial charge in [-0.25, -0.2) is 9.13 Å². The van der Waals surface area contributed by atoms with Crippen molar-refractivity contribution in [2.75, 3.05) is 39.6 Å². The van der Waals surface area contributed by atoms with Gasteiger partial charge in [0.2, 0.25) is 0 Å². The lowest BCUT2D eigenvalue weighted by molar-refractivity contribution is -0.161. The molecule has 17 nitrogen and oxygen atoms in total. The van der Waals surface area contributed by atoms with E-state index in [-0.39, 0.29) is 25.7 Å². The van der Waals surface area contributed by atoms with Crippen LogP contribution in [0.4, 0.5) is 0 Å². The normalized spacial score (nSPS) is 14.1. The molecule has 0 rings (SSSR count). The van der Waals surface area contributed by atoms with E-state index in [0.717, 1.165) is 102 Å². The van der Waals surface area contributed by atoms with Gasteiger partial charge in [-0.15, -0.1) is 0 Å². The first-order valence-corrected chi connectivity index (χ1v) is 39.5. The first kappa shape index (κ1) is 87.1. The van der Waals surface area contributed by atoms with E-state index in [1.165, 1.54) is 173 Å². The molecule has 0 amide bonds. The van der Waals surface area contributed by atoms with Crippen LogP contribution in [-0.4, -0.2) is 96.7 Å². The molecule has 0 aliphatic heterocycles. The molecule has 0 aromatic heterocycles. The Hall–Kier alpha value is -1.94. The summed E-state index contributed by atoms with van der Waals surface area (Å²) >= 11 is 0. The van der Waals surface area contributed by atoms with Crippen LogP contribution in [0.5, 0.6) is 0 Å². The number of hydrogen-bond donors (Lipinski definition) is 3. The Balaban J connectivity index is 5.25. The molecule has 0 bridgehead atoms. The molecule has 5 atom stereocenters. The molecule has 0 aromatic rings. The molecular formula is C70H136O17P2. The molecule has 0 saturated heterocycles. The minimum Gasteiger partial charge on any atom is -0.462 e. The van der Waals surface area contributed by atoms with Crippen molar-refractivity contribution in [2.45, 2.75) is 374 Å². The van der Waals surface area contributed by atoms with Crippen LogP contribution in [0.3, 0.4) is 0 Å². The molecule has 0 saturated carbocycles. The monoisotopic (exact) mass is 1310 g/mol. The molecule has 528 valence electrons. The smallest absolute Gasteiger partial charge is 0.462 e. The number of ether oxygens (including phenoxy) is 4. The second-order valence-corrected chi connectivity index (χ2v) is 29.1. The zero-order chi connectivity index (χ0) is 65.7.